The third-order valence-electron chi connectivity index (χ3n) is 2.83. The van der Waals surface area contributed by atoms with Crippen molar-refractivity contribution in [3.8, 4) is 5.75 Å². The van der Waals surface area contributed by atoms with Crippen molar-refractivity contribution in [1.29, 1.82) is 0 Å². The number of amidine groups is 1. The molecular formula is C13H16ClFN2O2. The Morgan fingerprint density at radius 2 is 2.32 bits per heavy atom. The largest absolute Gasteiger partial charge is 0.475 e. The minimum Gasteiger partial charge on any atom is -0.475 e. The zero-order valence-corrected chi connectivity index (χ0v) is 11.6. The number of benzene rings is 1. The first-order valence-electron chi connectivity index (χ1n) is 6.02. The van der Waals surface area contributed by atoms with E-state index in [0.29, 0.717) is 12.4 Å². The molecule has 0 spiro atoms. The molecule has 2 rings (SSSR count). The Hall–Kier alpha value is -1.33. The second kappa shape index (κ2) is 6.21. The minimum atomic E-state index is -0.490. The van der Waals surface area contributed by atoms with Crippen LogP contribution in [0.4, 0.5) is 4.39 Å². The summed E-state index contributed by atoms with van der Waals surface area (Å²) in [4.78, 5) is 4.27. The lowest BCUT2D eigenvalue weighted by Crippen LogP contribution is -2.39. The molecule has 1 aromatic rings. The lowest BCUT2D eigenvalue weighted by molar-refractivity contribution is 0.113. The van der Waals surface area contributed by atoms with Crippen molar-refractivity contribution in [3.05, 3.63) is 28.5 Å². The van der Waals surface area contributed by atoms with Gasteiger partial charge < -0.3 is 14.8 Å². The number of rotatable bonds is 5. The van der Waals surface area contributed by atoms with Crippen molar-refractivity contribution in [2.75, 3.05) is 26.8 Å². The monoisotopic (exact) mass is 286 g/mol. The normalized spacial score (nSPS) is 15.9. The van der Waals surface area contributed by atoms with Gasteiger partial charge in [0, 0.05) is 13.7 Å². The Morgan fingerprint density at radius 3 is 2.95 bits per heavy atom. The SMILES string of the molecule is COCC(Oc1c(F)ccc(C)c1Cl)C1=NCCN1. The Labute approximate surface area is 116 Å². The van der Waals surface area contributed by atoms with Crippen LogP contribution in [-0.4, -0.2) is 38.7 Å². The predicted molar refractivity (Wildman–Crippen MR) is 72.7 cm³/mol. The van der Waals surface area contributed by atoms with Gasteiger partial charge in [-0.25, -0.2) is 4.39 Å². The summed E-state index contributed by atoms with van der Waals surface area (Å²) in [6.07, 6.45) is -0.485. The van der Waals surface area contributed by atoms with Crippen molar-refractivity contribution < 1.29 is 13.9 Å². The lowest BCUT2D eigenvalue weighted by atomic mass is 10.2. The number of halogens is 2. The van der Waals surface area contributed by atoms with E-state index in [1.54, 1.807) is 20.1 Å². The van der Waals surface area contributed by atoms with Crippen LogP contribution in [0.1, 0.15) is 5.56 Å². The topological polar surface area (TPSA) is 42.9 Å². The zero-order valence-electron chi connectivity index (χ0n) is 10.9. The average molecular weight is 287 g/mol. The third kappa shape index (κ3) is 3.16. The molecule has 0 radical (unpaired) electrons. The lowest BCUT2D eigenvalue weighted by Gasteiger charge is -2.20. The van der Waals surface area contributed by atoms with Gasteiger partial charge in [-0.05, 0) is 18.6 Å². The van der Waals surface area contributed by atoms with E-state index in [0.717, 1.165) is 12.1 Å². The van der Waals surface area contributed by atoms with Gasteiger partial charge in [-0.3, -0.25) is 4.99 Å². The van der Waals surface area contributed by atoms with E-state index in [1.165, 1.54) is 6.07 Å². The number of nitrogens with one attached hydrogen (secondary N) is 1. The van der Waals surface area contributed by atoms with Gasteiger partial charge in [0.2, 0.25) is 0 Å². The highest BCUT2D eigenvalue weighted by Crippen LogP contribution is 2.31. The summed E-state index contributed by atoms with van der Waals surface area (Å²) >= 11 is 6.08. The molecule has 0 saturated carbocycles. The van der Waals surface area contributed by atoms with Crippen LogP contribution in [0.25, 0.3) is 0 Å². The van der Waals surface area contributed by atoms with Crippen molar-refractivity contribution in [3.63, 3.8) is 0 Å². The number of ether oxygens (including phenoxy) is 2. The van der Waals surface area contributed by atoms with Crippen molar-refractivity contribution in [2.24, 2.45) is 4.99 Å². The highest BCUT2D eigenvalue weighted by atomic mass is 35.5. The number of hydrogen-bond donors (Lipinski definition) is 1. The molecule has 1 aliphatic rings. The second-order valence-corrected chi connectivity index (χ2v) is 4.64. The van der Waals surface area contributed by atoms with Gasteiger partial charge in [-0.1, -0.05) is 17.7 Å². The van der Waals surface area contributed by atoms with Crippen LogP contribution in [0.15, 0.2) is 17.1 Å². The smallest absolute Gasteiger partial charge is 0.179 e. The van der Waals surface area contributed by atoms with Crippen LogP contribution in [0, 0.1) is 12.7 Å². The molecule has 1 unspecified atom stereocenters. The number of nitrogens with zero attached hydrogens (tertiary/aromatic N) is 1. The number of aliphatic imine (C=N–C) groups is 1. The van der Waals surface area contributed by atoms with Gasteiger partial charge in [0.15, 0.2) is 17.7 Å². The molecule has 0 amide bonds. The van der Waals surface area contributed by atoms with E-state index < -0.39 is 11.9 Å². The van der Waals surface area contributed by atoms with Crippen LogP contribution in [0.5, 0.6) is 5.75 Å². The van der Waals surface area contributed by atoms with Gasteiger partial charge in [0.25, 0.3) is 0 Å². The molecule has 1 atom stereocenters. The number of aryl methyl sites for hydroxylation is 1. The molecule has 1 heterocycles. The van der Waals surface area contributed by atoms with Crippen LogP contribution in [0.3, 0.4) is 0 Å². The predicted octanol–water partition coefficient (Wildman–Crippen LogP) is 2.18. The molecule has 0 aliphatic carbocycles. The molecule has 0 aromatic heterocycles. The summed E-state index contributed by atoms with van der Waals surface area (Å²) < 4.78 is 24.6. The van der Waals surface area contributed by atoms with Crippen LogP contribution in [0.2, 0.25) is 5.02 Å². The van der Waals surface area contributed by atoms with Gasteiger partial charge in [0.05, 0.1) is 18.2 Å². The van der Waals surface area contributed by atoms with E-state index in [9.17, 15) is 4.39 Å². The molecule has 19 heavy (non-hydrogen) atoms. The Bertz CT molecular complexity index is 494. The van der Waals surface area contributed by atoms with Crippen molar-refractivity contribution in [1.82, 2.24) is 5.32 Å². The average Bonchev–Trinajstić information content (AvgIpc) is 2.92. The standard InChI is InChI=1S/C13H16ClFN2O2/c1-8-3-4-9(15)12(11(8)14)19-10(7-18-2)13-16-5-6-17-13/h3-4,10H,5-7H2,1-2H3,(H,16,17). The third-order valence-corrected chi connectivity index (χ3v) is 3.30. The second-order valence-electron chi connectivity index (χ2n) is 4.26. The fourth-order valence-corrected chi connectivity index (χ4v) is 2.03. The maximum atomic E-state index is 13.8. The molecular weight excluding hydrogens is 271 g/mol. The highest BCUT2D eigenvalue weighted by molar-refractivity contribution is 6.32. The van der Waals surface area contributed by atoms with Gasteiger partial charge in [0.1, 0.15) is 5.84 Å². The molecule has 104 valence electrons. The summed E-state index contributed by atoms with van der Waals surface area (Å²) in [5.41, 5.74) is 0.760. The van der Waals surface area contributed by atoms with Crippen LogP contribution in [-0.2, 0) is 4.74 Å². The first kappa shape index (κ1) is 14.1. The van der Waals surface area contributed by atoms with E-state index in [2.05, 4.69) is 10.3 Å². The maximum absolute atomic E-state index is 13.8. The van der Waals surface area contributed by atoms with Crippen LogP contribution >= 0.6 is 11.6 Å². The minimum absolute atomic E-state index is 0.0418. The fourth-order valence-electron chi connectivity index (χ4n) is 1.83. The summed E-state index contributed by atoms with van der Waals surface area (Å²) in [7, 11) is 1.56. The Balaban J connectivity index is 2.24. The van der Waals surface area contributed by atoms with Crippen molar-refractivity contribution in [2.45, 2.75) is 13.0 Å². The van der Waals surface area contributed by atoms with E-state index in [4.69, 9.17) is 21.1 Å². The Morgan fingerprint density at radius 1 is 1.53 bits per heavy atom. The molecule has 1 N–H and O–H groups in total. The molecule has 0 fully saturated rings. The highest BCUT2D eigenvalue weighted by Gasteiger charge is 2.23. The van der Waals surface area contributed by atoms with E-state index in [-0.39, 0.29) is 17.4 Å². The number of methoxy groups -OCH3 is 1. The molecule has 1 aromatic carbocycles. The van der Waals surface area contributed by atoms with Gasteiger partial charge >= 0.3 is 0 Å². The quantitative estimate of drug-likeness (QED) is 0.902. The van der Waals surface area contributed by atoms with E-state index in [1.807, 2.05) is 0 Å². The fraction of sp³-hybridized carbons (Fsp3) is 0.462. The first-order chi connectivity index (χ1) is 9.13. The molecule has 1 aliphatic heterocycles. The van der Waals surface area contributed by atoms with Gasteiger partial charge in [-0.2, -0.15) is 0 Å². The number of hydrogen-bond acceptors (Lipinski definition) is 4. The Kier molecular flexibility index (Phi) is 4.61. The molecule has 6 heteroatoms. The molecule has 0 bridgehead atoms. The summed E-state index contributed by atoms with van der Waals surface area (Å²) in [6.45, 7) is 3.51. The van der Waals surface area contributed by atoms with Crippen LogP contribution < -0.4 is 10.1 Å². The molecule has 4 nitrogen and oxygen atoms in total. The zero-order chi connectivity index (χ0) is 13.8. The van der Waals surface area contributed by atoms with E-state index >= 15 is 0 Å². The maximum Gasteiger partial charge on any atom is 0.179 e. The summed E-state index contributed by atoms with van der Waals surface area (Å²) in [5, 5.41) is 3.37. The summed E-state index contributed by atoms with van der Waals surface area (Å²) in [5.74, 6) is 0.217. The molecule has 0 saturated heterocycles. The first-order valence-corrected chi connectivity index (χ1v) is 6.39. The summed E-state index contributed by atoms with van der Waals surface area (Å²) in [6, 6.07) is 2.95. The van der Waals surface area contributed by atoms with Gasteiger partial charge in [-0.15, -0.1) is 0 Å². The van der Waals surface area contributed by atoms with Crippen molar-refractivity contribution >= 4 is 17.4 Å².